The first-order chi connectivity index (χ1) is 7.70. The zero-order valence-corrected chi connectivity index (χ0v) is 13.0. The summed E-state index contributed by atoms with van der Waals surface area (Å²) in [5.41, 5.74) is 1.83. The van der Waals surface area contributed by atoms with Crippen molar-refractivity contribution in [3.63, 3.8) is 0 Å². The van der Waals surface area contributed by atoms with E-state index in [1.54, 1.807) is 11.3 Å². The van der Waals surface area contributed by atoms with E-state index in [1.165, 1.54) is 11.3 Å². The molecule has 2 nitrogen and oxygen atoms in total. The van der Waals surface area contributed by atoms with Gasteiger partial charge in [-0.05, 0) is 12.6 Å². The minimum atomic E-state index is 0. The molecular formula is C10H11Cl3N2S2. The van der Waals surface area contributed by atoms with E-state index in [2.05, 4.69) is 17.2 Å². The summed E-state index contributed by atoms with van der Waals surface area (Å²) in [6.45, 7) is 3.82. The topological polar surface area (TPSA) is 24.9 Å². The summed E-state index contributed by atoms with van der Waals surface area (Å²) in [6, 6.07) is 1.86. The van der Waals surface area contributed by atoms with Gasteiger partial charge in [-0.3, -0.25) is 0 Å². The Kier molecular flexibility index (Phi) is 6.20. The second-order valence-electron chi connectivity index (χ2n) is 3.14. The van der Waals surface area contributed by atoms with Crippen LogP contribution in [0.1, 0.15) is 11.9 Å². The molecule has 0 atom stereocenters. The standard InChI is InChI=1S/C10H10Cl2N2S2.ClH/c1-2-13-4-9-14-7(5-15-9)6-3-8(11)16-10(6)12;/h3,5,13H,2,4H2,1H3;1H. The van der Waals surface area contributed by atoms with Gasteiger partial charge in [0.2, 0.25) is 0 Å². The lowest BCUT2D eigenvalue weighted by Gasteiger charge is -1.95. The van der Waals surface area contributed by atoms with Gasteiger partial charge in [0.25, 0.3) is 0 Å². The third-order valence-electron chi connectivity index (χ3n) is 2.01. The van der Waals surface area contributed by atoms with Gasteiger partial charge in [0.1, 0.15) is 9.34 Å². The Morgan fingerprint density at radius 1 is 1.41 bits per heavy atom. The Balaban J connectivity index is 0.00000144. The molecule has 0 saturated carbocycles. The molecular weight excluding hydrogens is 319 g/mol. The maximum absolute atomic E-state index is 6.08. The van der Waals surface area contributed by atoms with Crippen molar-refractivity contribution in [1.82, 2.24) is 10.3 Å². The van der Waals surface area contributed by atoms with E-state index in [-0.39, 0.29) is 12.4 Å². The van der Waals surface area contributed by atoms with Crippen molar-refractivity contribution < 1.29 is 0 Å². The number of halogens is 3. The minimum absolute atomic E-state index is 0. The highest BCUT2D eigenvalue weighted by atomic mass is 35.5. The van der Waals surface area contributed by atoms with Crippen molar-refractivity contribution in [2.75, 3.05) is 6.54 Å². The van der Waals surface area contributed by atoms with Gasteiger partial charge in [-0.15, -0.1) is 35.1 Å². The van der Waals surface area contributed by atoms with Crippen LogP contribution < -0.4 is 5.32 Å². The number of nitrogens with one attached hydrogen (secondary N) is 1. The SMILES string of the molecule is CCNCc1nc(-c2cc(Cl)sc2Cl)cs1.Cl. The monoisotopic (exact) mass is 328 g/mol. The van der Waals surface area contributed by atoms with Crippen molar-refractivity contribution in [3.8, 4) is 11.3 Å². The lowest BCUT2D eigenvalue weighted by molar-refractivity contribution is 0.723. The average Bonchev–Trinajstić information content (AvgIpc) is 2.82. The fraction of sp³-hybridized carbons (Fsp3) is 0.300. The Hall–Kier alpha value is 0.160. The van der Waals surface area contributed by atoms with E-state index < -0.39 is 0 Å². The van der Waals surface area contributed by atoms with E-state index in [4.69, 9.17) is 23.2 Å². The first kappa shape index (κ1) is 15.2. The van der Waals surface area contributed by atoms with E-state index in [0.29, 0.717) is 8.67 Å². The Labute approximate surface area is 124 Å². The number of thiophene rings is 1. The molecule has 2 aromatic rings. The van der Waals surface area contributed by atoms with E-state index in [1.807, 2.05) is 11.4 Å². The normalized spacial score (nSPS) is 10.3. The number of nitrogens with zero attached hydrogens (tertiary/aromatic N) is 1. The first-order valence-corrected chi connectivity index (χ1v) is 7.26. The summed E-state index contributed by atoms with van der Waals surface area (Å²) in [5.74, 6) is 0. The summed E-state index contributed by atoms with van der Waals surface area (Å²) in [7, 11) is 0. The lowest BCUT2D eigenvalue weighted by Crippen LogP contribution is -2.11. The molecule has 94 valence electrons. The minimum Gasteiger partial charge on any atom is -0.311 e. The predicted molar refractivity (Wildman–Crippen MR) is 80.1 cm³/mol. The third-order valence-corrected chi connectivity index (χ3v) is 4.35. The summed E-state index contributed by atoms with van der Waals surface area (Å²) >= 11 is 15.0. The van der Waals surface area contributed by atoms with Crippen LogP contribution in [0.3, 0.4) is 0 Å². The molecule has 2 heterocycles. The molecule has 0 aliphatic rings. The second kappa shape index (κ2) is 6.92. The number of rotatable bonds is 4. The highest BCUT2D eigenvalue weighted by Gasteiger charge is 2.11. The van der Waals surface area contributed by atoms with E-state index >= 15 is 0 Å². The quantitative estimate of drug-likeness (QED) is 0.878. The van der Waals surface area contributed by atoms with Gasteiger partial charge in [0, 0.05) is 17.5 Å². The number of hydrogen-bond acceptors (Lipinski definition) is 4. The first-order valence-electron chi connectivity index (χ1n) is 4.81. The van der Waals surface area contributed by atoms with Gasteiger partial charge in [0.15, 0.2) is 0 Å². The molecule has 0 spiro atoms. The third kappa shape index (κ3) is 3.81. The van der Waals surface area contributed by atoms with Gasteiger partial charge in [-0.2, -0.15) is 0 Å². The maximum atomic E-state index is 6.08. The van der Waals surface area contributed by atoms with Crippen LogP contribution in [-0.4, -0.2) is 11.5 Å². The van der Waals surface area contributed by atoms with Crippen LogP contribution in [0.4, 0.5) is 0 Å². The van der Waals surface area contributed by atoms with Crippen LogP contribution in [0.5, 0.6) is 0 Å². The molecule has 1 N–H and O–H groups in total. The lowest BCUT2D eigenvalue weighted by atomic mass is 10.3. The maximum Gasteiger partial charge on any atom is 0.107 e. The molecule has 0 unspecified atom stereocenters. The highest BCUT2D eigenvalue weighted by molar-refractivity contribution is 7.20. The van der Waals surface area contributed by atoms with Crippen LogP contribution in [0.25, 0.3) is 11.3 Å². The summed E-state index contributed by atoms with van der Waals surface area (Å²) in [6.07, 6.45) is 0. The van der Waals surface area contributed by atoms with Crippen LogP contribution in [0.2, 0.25) is 8.67 Å². The molecule has 0 aliphatic heterocycles. The number of aromatic nitrogens is 1. The largest absolute Gasteiger partial charge is 0.311 e. The molecule has 2 rings (SSSR count). The fourth-order valence-corrected chi connectivity index (χ4v) is 3.51. The average molecular weight is 330 g/mol. The number of thiazole rings is 1. The molecule has 0 bridgehead atoms. The predicted octanol–water partition coefficient (Wildman–Crippen LogP) is 4.71. The van der Waals surface area contributed by atoms with Gasteiger partial charge < -0.3 is 5.32 Å². The summed E-state index contributed by atoms with van der Waals surface area (Å²) < 4.78 is 1.39. The van der Waals surface area contributed by atoms with Crippen molar-refractivity contribution in [2.45, 2.75) is 13.5 Å². The van der Waals surface area contributed by atoms with Crippen LogP contribution >= 0.6 is 58.3 Å². The van der Waals surface area contributed by atoms with Gasteiger partial charge in [-0.1, -0.05) is 30.1 Å². The van der Waals surface area contributed by atoms with Crippen LogP contribution in [-0.2, 0) is 6.54 Å². The summed E-state index contributed by atoms with van der Waals surface area (Å²) in [4.78, 5) is 4.51. The smallest absolute Gasteiger partial charge is 0.107 e. The van der Waals surface area contributed by atoms with Crippen LogP contribution in [0.15, 0.2) is 11.4 Å². The summed E-state index contributed by atoms with van der Waals surface area (Å²) in [5, 5.41) is 6.32. The molecule has 0 amide bonds. The zero-order valence-electron chi connectivity index (χ0n) is 9.00. The highest BCUT2D eigenvalue weighted by Crippen LogP contribution is 2.38. The van der Waals surface area contributed by atoms with Crippen molar-refractivity contribution in [3.05, 3.63) is 25.1 Å². The Morgan fingerprint density at radius 2 is 2.18 bits per heavy atom. The molecule has 0 radical (unpaired) electrons. The van der Waals surface area contributed by atoms with Crippen molar-refractivity contribution >= 4 is 58.3 Å². The van der Waals surface area contributed by atoms with Crippen molar-refractivity contribution in [1.29, 1.82) is 0 Å². The molecule has 0 aromatic carbocycles. The molecule has 17 heavy (non-hydrogen) atoms. The van der Waals surface area contributed by atoms with Crippen LogP contribution in [0, 0.1) is 0 Å². The molecule has 0 aliphatic carbocycles. The van der Waals surface area contributed by atoms with E-state index in [9.17, 15) is 0 Å². The Bertz CT molecular complexity index is 482. The van der Waals surface area contributed by atoms with Gasteiger partial charge >= 0.3 is 0 Å². The fourth-order valence-electron chi connectivity index (χ4n) is 1.26. The molecule has 0 saturated heterocycles. The molecule has 0 fully saturated rings. The van der Waals surface area contributed by atoms with E-state index in [0.717, 1.165) is 29.4 Å². The second-order valence-corrected chi connectivity index (χ2v) is 6.37. The molecule has 2 aromatic heterocycles. The molecule has 7 heteroatoms. The van der Waals surface area contributed by atoms with Gasteiger partial charge in [-0.25, -0.2) is 4.98 Å². The number of hydrogen-bond donors (Lipinski definition) is 1. The zero-order chi connectivity index (χ0) is 11.5. The van der Waals surface area contributed by atoms with Crippen molar-refractivity contribution in [2.24, 2.45) is 0 Å². The van der Waals surface area contributed by atoms with Gasteiger partial charge in [0.05, 0.1) is 10.0 Å². The Morgan fingerprint density at radius 3 is 2.76 bits per heavy atom.